The van der Waals surface area contributed by atoms with E-state index in [0.29, 0.717) is 5.89 Å². The summed E-state index contributed by atoms with van der Waals surface area (Å²) in [4.78, 5) is 14.1. The molecule has 13 heavy (non-hydrogen) atoms. The fraction of sp³-hybridized carbons (Fsp3) is 0.500. The normalized spacial score (nSPS) is 10.7. The maximum absolute atomic E-state index is 10.3. The largest absolute Gasteiger partial charge is 1.00 e. The molecule has 0 aromatic carbocycles. The van der Waals surface area contributed by atoms with Crippen LogP contribution in [0.15, 0.2) is 10.6 Å². The van der Waals surface area contributed by atoms with E-state index in [2.05, 4.69) is 4.98 Å². The first-order valence-corrected chi connectivity index (χ1v) is 3.59. The van der Waals surface area contributed by atoms with E-state index < -0.39 is 5.97 Å². The van der Waals surface area contributed by atoms with Gasteiger partial charge in [0, 0.05) is 5.41 Å². The Morgan fingerprint density at radius 2 is 2.08 bits per heavy atom. The summed E-state index contributed by atoms with van der Waals surface area (Å²) in [5, 5.41) is 10.3. The molecule has 66 valence electrons. The number of rotatable bonds is 1. The maximum Gasteiger partial charge on any atom is 1.00 e. The predicted octanol–water partition coefficient (Wildman–Crippen LogP) is -2.66. The number of oxazole rings is 1. The summed E-state index contributed by atoms with van der Waals surface area (Å²) >= 11 is 0. The van der Waals surface area contributed by atoms with Crippen molar-refractivity contribution in [3.8, 4) is 0 Å². The Morgan fingerprint density at radius 1 is 1.54 bits per heavy atom. The summed E-state index contributed by atoms with van der Waals surface area (Å²) in [5.74, 6) is -1.15. The number of aromatic carboxylic acids is 1. The third kappa shape index (κ3) is 2.91. The number of carboxylic acid groups (broad SMARTS) is 1. The summed E-state index contributed by atoms with van der Waals surface area (Å²) in [7, 11) is 0. The van der Waals surface area contributed by atoms with E-state index >= 15 is 0 Å². The molecule has 0 N–H and O–H groups in total. The van der Waals surface area contributed by atoms with Crippen molar-refractivity contribution in [1.29, 1.82) is 0 Å². The van der Waals surface area contributed by atoms with Gasteiger partial charge in [-0.1, -0.05) is 20.8 Å². The molecule has 0 aliphatic rings. The molecule has 0 bridgehead atoms. The van der Waals surface area contributed by atoms with Crippen molar-refractivity contribution in [2.75, 3.05) is 0 Å². The smallest absolute Gasteiger partial charge is 0.541 e. The summed E-state index contributed by atoms with van der Waals surface area (Å²) < 4.78 is 4.94. The second-order valence-electron chi connectivity index (χ2n) is 3.57. The minimum absolute atomic E-state index is 0. The average molecular weight is 175 g/mol. The maximum atomic E-state index is 10.3. The van der Waals surface area contributed by atoms with Crippen molar-refractivity contribution in [3.63, 3.8) is 0 Å². The zero-order valence-corrected chi connectivity index (χ0v) is 8.25. The third-order valence-electron chi connectivity index (χ3n) is 1.35. The van der Waals surface area contributed by atoms with Gasteiger partial charge in [0.25, 0.3) is 0 Å². The van der Waals surface area contributed by atoms with Gasteiger partial charge in [-0.2, -0.15) is 0 Å². The molecule has 1 heterocycles. The summed E-state index contributed by atoms with van der Waals surface area (Å²) in [5.41, 5.74) is -0.270. The van der Waals surface area contributed by atoms with Crippen molar-refractivity contribution in [3.05, 3.63) is 17.8 Å². The van der Waals surface area contributed by atoms with Crippen LogP contribution < -0.4 is 24.0 Å². The Balaban J connectivity index is 0.00000144. The minimum Gasteiger partial charge on any atom is -0.541 e. The van der Waals surface area contributed by atoms with Crippen LogP contribution in [0.25, 0.3) is 0 Å². The van der Waals surface area contributed by atoms with Crippen molar-refractivity contribution < 1.29 is 33.2 Å². The molecule has 0 spiro atoms. The molecule has 0 radical (unpaired) electrons. The predicted molar refractivity (Wildman–Crippen MR) is 39.5 cm³/mol. The van der Waals surface area contributed by atoms with Crippen LogP contribution in [0.3, 0.4) is 0 Å². The molecule has 0 fully saturated rings. The first-order chi connectivity index (χ1) is 5.41. The fourth-order valence-corrected chi connectivity index (χ4v) is 0.715. The standard InChI is InChI=1S/C8H11NO3.Li/c1-8(2,3)7-9-4-5(12-7)6(10)11;/h4H,1-3H3,(H,10,11);/q;+1/p-1. The Kier molecular flexibility index (Phi) is 3.77. The number of carbonyl (C=O) groups is 1. The van der Waals surface area contributed by atoms with Crippen molar-refractivity contribution in [2.24, 2.45) is 0 Å². The van der Waals surface area contributed by atoms with Gasteiger partial charge in [-0.15, -0.1) is 0 Å². The van der Waals surface area contributed by atoms with Crippen LogP contribution >= 0.6 is 0 Å². The summed E-state index contributed by atoms with van der Waals surface area (Å²) in [6.45, 7) is 5.66. The molecule has 0 aliphatic carbocycles. The van der Waals surface area contributed by atoms with Gasteiger partial charge in [0.1, 0.15) is 5.97 Å². The SMILES string of the molecule is CC(C)(C)c1ncc(C(=O)[O-])o1.[Li+]. The van der Waals surface area contributed by atoms with E-state index in [1.807, 2.05) is 20.8 Å². The van der Waals surface area contributed by atoms with E-state index in [1.54, 1.807) is 0 Å². The Bertz CT molecular complexity index is 301. The van der Waals surface area contributed by atoms with E-state index in [9.17, 15) is 9.90 Å². The number of hydrogen-bond donors (Lipinski definition) is 0. The molecule has 0 unspecified atom stereocenters. The number of aromatic nitrogens is 1. The zero-order valence-electron chi connectivity index (χ0n) is 8.25. The molecular weight excluding hydrogens is 165 g/mol. The molecule has 1 aromatic heterocycles. The molecule has 4 nitrogen and oxygen atoms in total. The minimum atomic E-state index is -1.34. The molecule has 0 aliphatic heterocycles. The molecule has 0 atom stereocenters. The van der Waals surface area contributed by atoms with Gasteiger partial charge in [0.05, 0.1) is 6.20 Å². The van der Waals surface area contributed by atoms with Crippen LogP contribution in [0.2, 0.25) is 0 Å². The first kappa shape index (κ1) is 12.3. The van der Waals surface area contributed by atoms with Crippen LogP contribution in [-0.4, -0.2) is 11.0 Å². The molecule has 0 amide bonds. The number of hydrogen-bond acceptors (Lipinski definition) is 4. The Morgan fingerprint density at radius 3 is 2.31 bits per heavy atom. The molecule has 5 heteroatoms. The van der Waals surface area contributed by atoms with E-state index in [1.165, 1.54) is 0 Å². The van der Waals surface area contributed by atoms with Gasteiger partial charge in [0.2, 0.25) is 0 Å². The molecule has 0 saturated carbocycles. The fourth-order valence-electron chi connectivity index (χ4n) is 0.715. The summed E-state index contributed by atoms with van der Waals surface area (Å²) in [6, 6.07) is 0. The monoisotopic (exact) mass is 175 g/mol. The first-order valence-electron chi connectivity index (χ1n) is 3.59. The van der Waals surface area contributed by atoms with Gasteiger partial charge >= 0.3 is 18.9 Å². The molecule has 0 saturated heterocycles. The van der Waals surface area contributed by atoms with Gasteiger partial charge in [-0.05, 0) is 0 Å². The van der Waals surface area contributed by atoms with E-state index in [4.69, 9.17) is 4.42 Å². The van der Waals surface area contributed by atoms with E-state index in [-0.39, 0.29) is 30.0 Å². The number of nitrogens with zero attached hydrogens (tertiary/aromatic N) is 1. The molecule has 1 aromatic rings. The van der Waals surface area contributed by atoms with Crippen LogP contribution in [-0.2, 0) is 5.41 Å². The van der Waals surface area contributed by atoms with Gasteiger partial charge in [0.15, 0.2) is 11.7 Å². The third-order valence-corrected chi connectivity index (χ3v) is 1.35. The second kappa shape index (κ2) is 3.99. The average Bonchev–Trinajstić information content (AvgIpc) is 2.30. The second-order valence-corrected chi connectivity index (χ2v) is 3.57. The Labute approximate surface area is 88.5 Å². The Hall–Kier alpha value is -0.723. The van der Waals surface area contributed by atoms with Crippen molar-refractivity contribution in [2.45, 2.75) is 26.2 Å². The van der Waals surface area contributed by atoms with Crippen molar-refractivity contribution >= 4 is 5.97 Å². The molecular formula is C8H10LiNO3. The van der Waals surface area contributed by atoms with Gasteiger partial charge in [-0.25, -0.2) is 4.98 Å². The van der Waals surface area contributed by atoms with Gasteiger partial charge in [-0.3, -0.25) is 0 Å². The number of carboxylic acids is 1. The van der Waals surface area contributed by atoms with E-state index in [0.717, 1.165) is 6.20 Å². The zero-order chi connectivity index (χ0) is 9.35. The van der Waals surface area contributed by atoms with Gasteiger partial charge < -0.3 is 14.3 Å². The van der Waals surface area contributed by atoms with Crippen LogP contribution in [0, 0.1) is 0 Å². The number of carbonyl (C=O) groups excluding carboxylic acids is 1. The van der Waals surface area contributed by atoms with Crippen LogP contribution in [0.4, 0.5) is 0 Å². The quantitative estimate of drug-likeness (QED) is 0.437. The van der Waals surface area contributed by atoms with Crippen molar-refractivity contribution in [1.82, 2.24) is 4.98 Å². The van der Waals surface area contributed by atoms with Crippen LogP contribution in [0.1, 0.15) is 37.2 Å². The topological polar surface area (TPSA) is 66.2 Å². The molecule has 1 rings (SSSR count). The van der Waals surface area contributed by atoms with Crippen LogP contribution in [0.5, 0.6) is 0 Å². The summed E-state index contributed by atoms with van der Waals surface area (Å²) in [6.07, 6.45) is 1.16.